The summed E-state index contributed by atoms with van der Waals surface area (Å²) in [6, 6.07) is 6.32. The number of hydrogen-bond donors (Lipinski definition) is 3. The highest BCUT2D eigenvalue weighted by Crippen LogP contribution is 2.26. The topological polar surface area (TPSA) is 77.1 Å². The average Bonchev–Trinajstić information content (AvgIpc) is 3.18. The Kier molecular flexibility index (Phi) is 4.28. The first kappa shape index (κ1) is 16.8. The quantitative estimate of drug-likeness (QED) is 0.673. The Hall–Kier alpha value is -2.60. The number of anilines is 2. The zero-order valence-electron chi connectivity index (χ0n) is 15.5. The summed E-state index contributed by atoms with van der Waals surface area (Å²) < 4.78 is 0. The van der Waals surface area contributed by atoms with Crippen molar-refractivity contribution in [3.8, 4) is 0 Å². The molecule has 2 aromatic heterocycles. The van der Waals surface area contributed by atoms with Gasteiger partial charge in [0.2, 0.25) is 5.95 Å². The van der Waals surface area contributed by atoms with Gasteiger partial charge < -0.3 is 20.3 Å². The SMILES string of the molecule is Cc1cc(CNc2nccc(N3CC[C@@H](O)C3)n2)c2[nH]c(C)c(C)c2c1. The van der Waals surface area contributed by atoms with Gasteiger partial charge in [0.25, 0.3) is 0 Å². The van der Waals surface area contributed by atoms with Crippen LogP contribution in [0.4, 0.5) is 11.8 Å². The largest absolute Gasteiger partial charge is 0.391 e. The maximum absolute atomic E-state index is 9.73. The van der Waals surface area contributed by atoms with Gasteiger partial charge >= 0.3 is 0 Å². The number of aromatic nitrogens is 3. The van der Waals surface area contributed by atoms with Crippen LogP contribution in [0.25, 0.3) is 10.9 Å². The number of aliphatic hydroxyl groups is 1. The number of benzene rings is 1. The highest BCUT2D eigenvalue weighted by Gasteiger charge is 2.21. The molecule has 0 amide bonds. The molecule has 0 spiro atoms. The van der Waals surface area contributed by atoms with Gasteiger partial charge in [0.15, 0.2) is 0 Å². The minimum Gasteiger partial charge on any atom is -0.391 e. The van der Waals surface area contributed by atoms with Gasteiger partial charge in [-0.1, -0.05) is 11.6 Å². The smallest absolute Gasteiger partial charge is 0.224 e. The molecule has 4 rings (SSSR count). The molecule has 136 valence electrons. The fraction of sp³-hybridized carbons (Fsp3) is 0.400. The summed E-state index contributed by atoms with van der Waals surface area (Å²) in [6.45, 7) is 8.51. The van der Waals surface area contributed by atoms with Crippen LogP contribution in [0.15, 0.2) is 24.4 Å². The molecule has 0 aliphatic carbocycles. The van der Waals surface area contributed by atoms with Crippen molar-refractivity contribution in [2.45, 2.75) is 39.8 Å². The van der Waals surface area contributed by atoms with E-state index < -0.39 is 0 Å². The third-order valence-corrected chi connectivity index (χ3v) is 5.21. The zero-order chi connectivity index (χ0) is 18.3. The van der Waals surface area contributed by atoms with Crippen molar-refractivity contribution < 1.29 is 5.11 Å². The lowest BCUT2D eigenvalue weighted by Gasteiger charge is -2.17. The van der Waals surface area contributed by atoms with E-state index >= 15 is 0 Å². The summed E-state index contributed by atoms with van der Waals surface area (Å²) in [5.74, 6) is 1.47. The Morgan fingerprint density at radius 2 is 2.15 bits per heavy atom. The molecule has 6 nitrogen and oxygen atoms in total. The first-order valence-electron chi connectivity index (χ1n) is 9.09. The van der Waals surface area contributed by atoms with Crippen molar-refractivity contribution in [1.29, 1.82) is 0 Å². The molecule has 26 heavy (non-hydrogen) atoms. The fourth-order valence-corrected chi connectivity index (χ4v) is 3.66. The van der Waals surface area contributed by atoms with Crippen LogP contribution >= 0.6 is 0 Å². The third kappa shape index (κ3) is 3.12. The van der Waals surface area contributed by atoms with Gasteiger partial charge in [0.1, 0.15) is 5.82 Å². The fourth-order valence-electron chi connectivity index (χ4n) is 3.66. The van der Waals surface area contributed by atoms with Crippen molar-refractivity contribution in [2.75, 3.05) is 23.3 Å². The van der Waals surface area contributed by atoms with Crippen LogP contribution in [-0.2, 0) is 6.54 Å². The maximum Gasteiger partial charge on any atom is 0.224 e. The van der Waals surface area contributed by atoms with E-state index in [1.165, 1.54) is 33.3 Å². The molecule has 1 aliphatic rings. The number of fused-ring (bicyclic) bond motifs is 1. The zero-order valence-corrected chi connectivity index (χ0v) is 15.5. The Morgan fingerprint density at radius 3 is 2.92 bits per heavy atom. The summed E-state index contributed by atoms with van der Waals surface area (Å²) >= 11 is 0. The highest BCUT2D eigenvalue weighted by atomic mass is 16.3. The highest BCUT2D eigenvalue weighted by molar-refractivity contribution is 5.88. The summed E-state index contributed by atoms with van der Waals surface area (Å²) in [4.78, 5) is 14.6. The van der Waals surface area contributed by atoms with E-state index in [9.17, 15) is 5.11 Å². The minimum atomic E-state index is -0.263. The normalized spacial score (nSPS) is 17.2. The predicted octanol–water partition coefficient (Wildman–Crippen LogP) is 3.07. The Balaban J connectivity index is 1.56. The van der Waals surface area contributed by atoms with Crippen LogP contribution in [0.3, 0.4) is 0 Å². The summed E-state index contributed by atoms with van der Waals surface area (Å²) in [5.41, 5.74) is 6.14. The van der Waals surface area contributed by atoms with Gasteiger partial charge in [-0.3, -0.25) is 0 Å². The molecule has 6 heteroatoms. The number of hydrogen-bond acceptors (Lipinski definition) is 5. The molecule has 1 fully saturated rings. The lowest BCUT2D eigenvalue weighted by atomic mass is 10.0. The van der Waals surface area contributed by atoms with Crippen LogP contribution in [0.2, 0.25) is 0 Å². The van der Waals surface area contributed by atoms with E-state index in [4.69, 9.17) is 0 Å². The molecule has 0 unspecified atom stereocenters. The second-order valence-electron chi connectivity index (χ2n) is 7.20. The molecule has 3 N–H and O–H groups in total. The van der Waals surface area contributed by atoms with Gasteiger partial charge in [-0.15, -0.1) is 0 Å². The molecule has 3 aromatic rings. The molecule has 1 aromatic carbocycles. The van der Waals surface area contributed by atoms with Crippen LogP contribution in [0.5, 0.6) is 0 Å². The molecular formula is C20H25N5O. The van der Waals surface area contributed by atoms with Gasteiger partial charge in [-0.2, -0.15) is 4.98 Å². The number of rotatable bonds is 4. The predicted molar refractivity (Wildman–Crippen MR) is 105 cm³/mol. The Bertz CT molecular complexity index is 949. The minimum absolute atomic E-state index is 0.263. The lowest BCUT2D eigenvalue weighted by molar-refractivity contribution is 0.198. The van der Waals surface area contributed by atoms with E-state index in [0.717, 1.165) is 18.8 Å². The molecule has 0 saturated carbocycles. The summed E-state index contributed by atoms with van der Waals surface area (Å²) in [6.07, 6.45) is 2.30. The molecule has 1 atom stereocenters. The van der Waals surface area contributed by atoms with Gasteiger partial charge in [-0.05, 0) is 50.5 Å². The number of nitrogens with zero attached hydrogens (tertiary/aromatic N) is 3. The molecular weight excluding hydrogens is 326 g/mol. The molecule has 0 bridgehead atoms. The number of aromatic amines is 1. The maximum atomic E-state index is 9.73. The van der Waals surface area contributed by atoms with Crippen LogP contribution in [-0.4, -0.2) is 39.3 Å². The lowest BCUT2D eigenvalue weighted by Crippen LogP contribution is -2.22. The first-order valence-corrected chi connectivity index (χ1v) is 9.09. The van der Waals surface area contributed by atoms with Crippen molar-refractivity contribution in [1.82, 2.24) is 15.0 Å². The number of aryl methyl sites for hydroxylation is 3. The van der Waals surface area contributed by atoms with Crippen molar-refractivity contribution in [2.24, 2.45) is 0 Å². The number of β-amino-alcohol motifs (C(OH)–C–C–N with tert-alkyl or cyclic N) is 1. The van der Waals surface area contributed by atoms with E-state index in [-0.39, 0.29) is 6.10 Å². The van der Waals surface area contributed by atoms with Crippen LogP contribution in [0, 0.1) is 20.8 Å². The summed E-state index contributed by atoms with van der Waals surface area (Å²) in [7, 11) is 0. The number of H-pyrrole nitrogens is 1. The standard InChI is InChI=1S/C20H25N5O/c1-12-8-15(19-17(9-12)13(2)14(3)23-19)10-22-20-21-6-4-18(24-20)25-7-5-16(26)11-25/h4,6,8-9,16,23,26H,5,7,10-11H2,1-3H3,(H,21,22,24)/t16-/m1/s1. The van der Waals surface area contributed by atoms with E-state index in [2.05, 4.69) is 58.1 Å². The van der Waals surface area contributed by atoms with Crippen LogP contribution < -0.4 is 10.2 Å². The van der Waals surface area contributed by atoms with Crippen molar-refractivity contribution in [3.63, 3.8) is 0 Å². The number of aliphatic hydroxyl groups excluding tert-OH is 1. The van der Waals surface area contributed by atoms with Crippen molar-refractivity contribution >= 4 is 22.7 Å². The number of nitrogens with one attached hydrogen (secondary N) is 2. The molecule has 1 aliphatic heterocycles. The third-order valence-electron chi connectivity index (χ3n) is 5.21. The Morgan fingerprint density at radius 1 is 1.31 bits per heavy atom. The van der Waals surface area contributed by atoms with Crippen LogP contribution in [0.1, 0.15) is 28.8 Å². The monoisotopic (exact) mass is 351 g/mol. The molecule has 3 heterocycles. The van der Waals surface area contributed by atoms with E-state index in [1.807, 2.05) is 6.07 Å². The van der Waals surface area contributed by atoms with Crippen molar-refractivity contribution in [3.05, 3.63) is 46.8 Å². The first-order chi connectivity index (χ1) is 12.5. The summed E-state index contributed by atoms with van der Waals surface area (Å²) in [5, 5.41) is 14.4. The second kappa shape index (κ2) is 6.61. The van der Waals surface area contributed by atoms with Gasteiger partial charge in [0.05, 0.1) is 11.6 Å². The average molecular weight is 351 g/mol. The second-order valence-corrected chi connectivity index (χ2v) is 7.20. The van der Waals surface area contributed by atoms with Gasteiger partial charge in [-0.25, -0.2) is 4.98 Å². The van der Waals surface area contributed by atoms with E-state index in [0.29, 0.717) is 19.0 Å². The van der Waals surface area contributed by atoms with E-state index in [1.54, 1.807) is 6.20 Å². The molecule has 0 radical (unpaired) electrons. The molecule has 1 saturated heterocycles. The Labute approximate surface area is 153 Å². The van der Waals surface area contributed by atoms with Gasteiger partial charge in [0, 0.05) is 36.9 Å².